The number of para-hydroxylation sites is 1. The third-order valence-electron chi connectivity index (χ3n) is 7.66. The van der Waals surface area contributed by atoms with Gasteiger partial charge in [-0.25, -0.2) is 4.98 Å². The number of unbranched alkanes of at least 4 members (excludes halogenated alkanes) is 3. The number of hydrogen-bond donors (Lipinski definition) is 2. The van der Waals surface area contributed by atoms with E-state index in [-0.39, 0.29) is 17.9 Å². The van der Waals surface area contributed by atoms with E-state index in [2.05, 4.69) is 27.4 Å². The number of carbonyl (C=O) groups is 2. The number of benzene rings is 2. The van der Waals surface area contributed by atoms with Crippen LogP contribution in [0.4, 0.5) is 28.8 Å². The van der Waals surface area contributed by atoms with Crippen LogP contribution >= 0.6 is 0 Å². The number of anilines is 5. The third kappa shape index (κ3) is 6.05. The Morgan fingerprint density at radius 3 is 2.54 bits per heavy atom. The number of rotatable bonds is 10. The fraction of sp³-hybridized carbons (Fsp3) is 0.419. The molecule has 0 bridgehead atoms. The van der Waals surface area contributed by atoms with Crippen molar-refractivity contribution in [1.29, 1.82) is 0 Å². The lowest BCUT2D eigenvalue weighted by Crippen LogP contribution is -2.30. The summed E-state index contributed by atoms with van der Waals surface area (Å²) >= 11 is 0. The topological polar surface area (TPSA) is 90.5 Å². The molecule has 2 heterocycles. The van der Waals surface area contributed by atoms with E-state index in [0.717, 1.165) is 55.0 Å². The van der Waals surface area contributed by atoms with E-state index >= 15 is 0 Å². The highest BCUT2D eigenvalue weighted by atomic mass is 16.2. The molecule has 0 radical (unpaired) electrons. The van der Waals surface area contributed by atoms with Gasteiger partial charge in [0.2, 0.25) is 11.9 Å². The normalized spacial score (nSPS) is 15.1. The van der Waals surface area contributed by atoms with Crippen LogP contribution in [0.25, 0.3) is 0 Å². The molecule has 3 aromatic rings. The molecule has 1 aliphatic heterocycles. The van der Waals surface area contributed by atoms with Crippen LogP contribution in [0, 0.1) is 0 Å². The summed E-state index contributed by atoms with van der Waals surface area (Å²) in [5, 5.41) is 6.33. The number of hydrogen-bond acceptors (Lipinski definition) is 6. The standard InChI is InChI=1S/C31H38N6O2/c1-3-4-5-10-19-32-28(38)20-22-15-17-23(18-16-22)34-31-33-21-27-29(35-31)37(24-11-6-7-12-24)26-14-9-8-13-25(26)30(39)36(27)2/h8-9,13-18,21,24H,3-7,10-12,19-20H2,1-2H3,(H,32,38)(H,33,34,35). The molecule has 0 atom stereocenters. The van der Waals surface area contributed by atoms with Gasteiger partial charge in [-0.1, -0.05) is 63.3 Å². The quantitative estimate of drug-likeness (QED) is 0.309. The van der Waals surface area contributed by atoms with E-state index in [4.69, 9.17) is 4.98 Å². The second kappa shape index (κ2) is 12.3. The summed E-state index contributed by atoms with van der Waals surface area (Å²) in [5.74, 6) is 1.20. The summed E-state index contributed by atoms with van der Waals surface area (Å²) in [7, 11) is 1.78. The molecule has 8 heteroatoms. The van der Waals surface area contributed by atoms with E-state index in [0.29, 0.717) is 23.6 Å². The van der Waals surface area contributed by atoms with Gasteiger partial charge in [0.25, 0.3) is 5.91 Å². The summed E-state index contributed by atoms with van der Waals surface area (Å²) in [6.45, 7) is 2.92. The molecule has 0 saturated heterocycles. The molecule has 2 aromatic carbocycles. The number of amides is 2. The molecule has 2 aliphatic rings. The number of aromatic nitrogens is 2. The lowest BCUT2D eigenvalue weighted by Gasteiger charge is -2.31. The predicted octanol–water partition coefficient (Wildman–Crippen LogP) is 6.13. The second-order valence-corrected chi connectivity index (χ2v) is 10.5. The Bertz CT molecular complexity index is 1300. The van der Waals surface area contributed by atoms with Gasteiger partial charge in [0, 0.05) is 25.3 Å². The molecule has 1 saturated carbocycles. The highest BCUT2D eigenvalue weighted by Crippen LogP contribution is 2.43. The van der Waals surface area contributed by atoms with E-state index in [1.807, 2.05) is 48.5 Å². The Hall–Kier alpha value is -3.94. The molecule has 0 spiro atoms. The monoisotopic (exact) mass is 526 g/mol. The van der Waals surface area contributed by atoms with Gasteiger partial charge in [-0.05, 0) is 49.1 Å². The van der Waals surface area contributed by atoms with Crippen LogP contribution in [0.15, 0.2) is 54.7 Å². The number of nitrogens with one attached hydrogen (secondary N) is 2. The van der Waals surface area contributed by atoms with Crippen molar-refractivity contribution in [2.75, 3.05) is 28.7 Å². The second-order valence-electron chi connectivity index (χ2n) is 10.5. The van der Waals surface area contributed by atoms with Crippen LogP contribution < -0.4 is 20.4 Å². The van der Waals surface area contributed by atoms with E-state index in [1.165, 1.54) is 25.7 Å². The summed E-state index contributed by atoms with van der Waals surface area (Å²) in [6.07, 6.45) is 11.1. The van der Waals surface area contributed by atoms with Crippen molar-refractivity contribution in [3.05, 3.63) is 65.9 Å². The third-order valence-corrected chi connectivity index (χ3v) is 7.66. The average Bonchev–Trinajstić information content (AvgIpc) is 3.46. The molecule has 39 heavy (non-hydrogen) atoms. The maximum Gasteiger partial charge on any atom is 0.260 e. The fourth-order valence-corrected chi connectivity index (χ4v) is 5.50. The highest BCUT2D eigenvalue weighted by Gasteiger charge is 2.35. The summed E-state index contributed by atoms with van der Waals surface area (Å²) in [4.78, 5) is 39.0. The Kier molecular flexibility index (Phi) is 8.39. The van der Waals surface area contributed by atoms with Gasteiger partial charge in [-0.15, -0.1) is 0 Å². The predicted molar refractivity (Wildman–Crippen MR) is 156 cm³/mol. The van der Waals surface area contributed by atoms with Crippen molar-refractivity contribution in [1.82, 2.24) is 15.3 Å². The van der Waals surface area contributed by atoms with Crippen LogP contribution in [0.1, 0.15) is 74.2 Å². The van der Waals surface area contributed by atoms with Gasteiger partial charge in [-0.3, -0.25) is 9.59 Å². The van der Waals surface area contributed by atoms with Crippen molar-refractivity contribution in [3.8, 4) is 0 Å². The maximum atomic E-state index is 13.3. The molecule has 1 aliphatic carbocycles. The number of nitrogens with zero attached hydrogens (tertiary/aromatic N) is 4. The van der Waals surface area contributed by atoms with Crippen LogP contribution in [0.5, 0.6) is 0 Å². The van der Waals surface area contributed by atoms with Crippen LogP contribution in [-0.4, -0.2) is 41.4 Å². The minimum atomic E-state index is -0.0581. The average molecular weight is 527 g/mol. The summed E-state index contributed by atoms with van der Waals surface area (Å²) in [5.41, 5.74) is 4.07. The SMILES string of the molecule is CCCCCCNC(=O)Cc1ccc(Nc2ncc3c(n2)N(C2CCCC2)c2ccccc2C(=O)N3C)cc1. The largest absolute Gasteiger partial charge is 0.356 e. The van der Waals surface area contributed by atoms with Crippen LogP contribution in [-0.2, 0) is 11.2 Å². The molecule has 204 valence electrons. The van der Waals surface area contributed by atoms with Crippen LogP contribution in [0.3, 0.4) is 0 Å². The first-order valence-corrected chi connectivity index (χ1v) is 14.2. The smallest absolute Gasteiger partial charge is 0.260 e. The van der Waals surface area contributed by atoms with Gasteiger partial charge in [0.05, 0.1) is 23.9 Å². The first-order valence-electron chi connectivity index (χ1n) is 14.2. The van der Waals surface area contributed by atoms with Gasteiger partial charge in [-0.2, -0.15) is 4.98 Å². The molecule has 1 fully saturated rings. The first kappa shape index (κ1) is 26.7. The highest BCUT2D eigenvalue weighted by molar-refractivity contribution is 6.13. The zero-order valence-corrected chi connectivity index (χ0v) is 22.9. The number of fused-ring (bicyclic) bond motifs is 2. The van der Waals surface area contributed by atoms with Crippen molar-refractivity contribution in [2.24, 2.45) is 0 Å². The Morgan fingerprint density at radius 1 is 1.00 bits per heavy atom. The molecular formula is C31H38N6O2. The summed E-state index contributed by atoms with van der Waals surface area (Å²) in [6, 6.07) is 15.9. The zero-order chi connectivity index (χ0) is 27.2. The van der Waals surface area contributed by atoms with Gasteiger partial charge in [0.1, 0.15) is 5.69 Å². The van der Waals surface area contributed by atoms with Crippen LogP contribution in [0.2, 0.25) is 0 Å². The van der Waals surface area contributed by atoms with Gasteiger partial charge >= 0.3 is 0 Å². The van der Waals surface area contributed by atoms with Gasteiger partial charge < -0.3 is 20.4 Å². The fourth-order valence-electron chi connectivity index (χ4n) is 5.50. The van der Waals surface area contributed by atoms with E-state index < -0.39 is 0 Å². The molecule has 2 N–H and O–H groups in total. The zero-order valence-electron chi connectivity index (χ0n) is 22.9. The Balaban J connectivity index is 1.33. The maximum absolute atomic E-state index is 13.3. The van der Waals surface area contributed by atoms with Crippen molar-refractivity contribution < 1.29 is 9.59 Å². The Labute approximate surface area is 230 Å². The minimum absolute atomic E-state index is 0.0484. The molecular weight excluding hydrogens is 488 g/mol. The van der Waals surface area contributed by atoms with Gasteiger partial charge in [0.15, 0.2) is 5.82 Å². The lowest BCUT2D eigenvalue weighted by atomic mass is 10.1. The van der Waals surface area contributed by atoms with E-state index in [9.17, 15) is 9.59 Å². The minimum Gasteiger partial charge on any atom is -0.356 e. The Morgan fingerprint density at radius 2 is 1.77 bits per heavy atom. The van der Waals surface area contributed by atoms with Crippen molar-refractivity contribution in [2.45, 2.75) is 70.8 Å². The molecule has 1 aromatic heterocycles. The number of carbonyl (C=O) groups excluding carboxylic acids is 2. The lowest BCUT2D eigenvalue weighted by molar-refractivity contribution is -0.120. The van der Waals surface area contributed by atoms with Crippen molar-refractivity contribution in [3.63, 3.8) is 0 Å². The molecule has 5 rings (SSSR count). The molecule has 8 nitrogen and oxygen atoms in total. The van der Waals surface area contributed by atoms with E-state index in [1.54, 1.807) is 18.1 Å². The summed E-state index contributed by atoms with van der Waals surface area (Å²) < 4.78 is 0. The van der Waals surface area contributed by atoms with Crippen molar-refractivity contribution >= 4 is 40.6 Å². The molecule has 2 amide bonds. The first-order chi connectivity index (χ1) is 19.0. The molecule has 0 unspecified atom stereocenters.